The highest BCUT2D eigenvalue weighted by molar-refractivity contribution is 6.09. The van der Waals surface area contributed by atoms with Crippen molar-refractivity contribution in [3.8, 4) is 11.1 Å². The Labute approximate surface area is 177 Å². The number of aliphatic hydroxyl groups excluding tert-OH is 1. The van der Waals surface area contributed by atoms with Crippen LogP contribution < -0.4 is 5.32 Å². The van der Waals surface area contributed by atoms with Gasteiger partial charge in [0.15, 0.2) is 0 Å². The van der Waals surface area contributed by atoms with E-state index in [2.05, 4.69) is 32.2 Å². The van der Waals surface area contributed by atoms with E-state index in [9.17, 15) is 14.7 Å². The Morgan fingerprint density at radius 2 is 1.87 bits per heavy atom. The zero-order valence-electron chi connectivity index (χ0n) is 17.9. The fourth-order valence-corrected chi connectivity index (χ4v) is 3.46. The molecule has 0 saturated heterocycles. The van der Waals surface area contributed by atoms with Gasteiger partial charge in [0, 0.05) is 17.8 Å². The lowest BCUT2D eigenvalue weighted by atomic mass is 9.85. The minimum Gasteiger partial charge on any atom is -0.466 e. The SMILES string of the molecule is COC(=O)C1=C(Nc2ccc(C(C)(C)C)cc2-c2ccccc2)C(=O)N(CCO)C1. The zero-order chi connectivity index (χ0) is 21.9. The van der Waals surface area contributed by atoms with Gasteiger partial charge in [0.1, 0.15) is 5.70 Å². The van der Waals surface area contributed by atoms with Crippen LogP contribution in [-0.4, -0.2) is 48.7 Å². The number of β-amino-alcohol motifs (C(OH)–C–C–N with tert-alkyl or cyclic N) is 1. The molecule has 2 aromatic rings. The van der Waals surface area contributed by atoms with Crippen LogP contribution in [0.15, 0.2) is 59.8 Å². The largest absolute Gasteiger partial charge is 0.466 e. The summed E-state index contributed by atoms with van der Waals surface area (Å²) in [6.45, 7) is 6.53. The number of hydrogen-bond donors (Lipinski definition) is 2. The van der Waals surface area contributed by atoms with E-state index in [1.807, 2.05) is 42.5 Å². The van der Waals surface area contributed by atoms with Gasteiger partial charge in [0.25, 0.3) is 5.91 Å². The highest BCUT2D eigenvalue weighted by Gasteiger charge is 2.34. The lowest BCUT2D eigenvalue weighted by molar-refractivity contribution is -0.136. The molecule has 1 amide bonds. The number of esters is 1. The molecule has 158 valence electrons. The molecule has 0 unspecified atom stereocenters. The Hall–Kier alpha value is -3.12. The van der Waals surface area contributed by atoms with E-state index in [0.29, 0.717) is 0 Å². The Morgan fingerprint density at radius 1 is 1.17 bits per heavy atom. The van der Waals surface area contributed by atoms with Crippen molar-refractivity contribution in [2.75, 3.05) is 32.1 Å². The number of ether oxygens (including phenoxy) is 1. The van der Waals surface area contributed by atoms with Crippen LogP contribution >= 0.6 is 0 Å². The van der Waals surface area contributed by atoms with Crippen molar-refractivity contribution >= 4 is 17.6 Å². The van der Waals surface area contributed by atoms with E-state index < -0.39 is 5.97 Å². The zero-order valence-corrected chi connectivity index (χ0v) is 17.9. The van der Waals surface area contributed by atoms with Gasteiger partial charge in [-0.25, -0.2) is 4.79 Å². The third-order valence-electron chi connectivity index (χ3n) is 5.18. The molecular weight excluding hydrogens is 380 g/mol. The van der Waals surface area contributed by atoms with Crippen molar-refractivity contribution in [1.29, 1.82) is 0 Å². The molecule has 0 aromatic heterocycles. The Bertz CT molecular complexity index is 974. The summed E-state index contributed by atoms with van der Waals surface area (Å²) in [4.78, 5) is 26.6. The Morgan fingerprint density at radius 3 is 2.47 bits per heavy atom. The van der Waals surface area contributed by atoms with Gasteiger partial charge < -0.3 is 20.1 Å². The van der Waals surface area contributed by atoms with Gasteiger partial charge in [0.05, 0.1) is 25.8 Å². The van der Waals surface area contributed by atoms with E-state index in [4.69, 9.17) is 4.74 Å². The van der Waals surface area contributed by atoms with Crippen LogP contribution in [0, 0.1) is 0 Å². The van der Waals surface area contributed by atoms with Crippen LogP contribution in [0.1, 0.15) is 26.3 Å². The quantitative estimate of drug-likeness (QED) is 0.717. The minimum absolute atomic E-state index is 0.0421. The van der Waals surface area contributed by atoms with Crippen LogP contribution in [-0.2, 0) is 19.7 Å². The molecule has 0 aliphatic carbocycles. The lowest BCUT2D eigenvalue weighted by Gasteiger charge is -2.22. The maximum absolute atomic E-state index is 12.9. The molecule has 0 fully saturated rings. The first-order valence-electron chi connectivity index (χ1n) is 9.95. The summed E-state index contributed by atoms with van der Waals surface area (Å²) in [5.41, 5.74) is 4.24. The highest BCUT2D eigenvalue weighted by Crippen LogP contribution is 2.35. The van der Waals surface area contributed by atoms with Crippen molar-refractivity contribution in [3.63, 3.8) is 0 Å². The molecular formula is C24H28N2O4. The number of benzene rings is 2. The molecule has 0 spiro atoms. The number of nitrogens with one attached hydrogen (secondary N) is 1. The number of methoxy groups -OCH3 is 1. The normalized spacial score (nSPS) is 14.3. The number of aliphatic hydroxyl groups is 1. The monoisotopic (exact) mass is 408 g/mol. The maximum Gasteiger partial charge on any atom is 0.337 e. The van der Waals surface area contributed by atoms with Gasteiger partial charge in [-0.1, -0.05) is 57.2 Å². The van der Waals surface area contributed by atoms with Crippen molar-refractivity contribution in [2.24, 2.45) is 0 Å². The summed E-state index contributed by atoms with van der Waals surface area (Å²) in [5.74, 6) is -0.887. The number of carbonyl (C=O) groups excluding carboxylic acids is 2. The molecule has 0 saturated carbocycles. The van der Waals surface area contributed by atoms with Gasteiger partial charge in [0.2, 0.25) is 0 Å². The number of amides is 1. The fraction of sp³-hybridized carbons (Fsp3) is 0.333. The third-order valence-corrected chi connectivity index (χ3v) is 5.18. The van der Waals surface area contributed by atoms with Crippen LogP contribution in [0.25, 0.3) is 11.1 Å². The molecule has 30 heavy (non-hydrogen) atoms. The lowest BCUT2D eigenvalue weighted by Crippen LogP contribution is -2.31. The average molecular weight is 408 g/mol. The van der Waals surface area contributed by atoms with Crippen molar-refractivity contribution in [3.05, 3.63) is 65.4 Å². The topological polar surface area (TPSA) is 78.9 Å². The summed E-state index contributed by atoms with van der Waals surface area (Å²) in [5, 5.41) is 12.4. The highest BCUT2D eigenvalue weighted by atomic mass is 16.5. The van der Waals surface area contributed by atoms with E-state index in [0.717, 1.165) is 22.4 Å². The third kappa shape index (κ3) is 4.39. The summed E-state index contributed by atoms with van der Waals surface area (Å²) in [7, 11) is 1.29. The smallest absolute Gasteiger partial charge is 0.337 e. The second kappa shape index (κ2) is 8.71. The minimum atomic E-state index is -0.557. The molecule has 2 N–H and O–H groups in total. The standard InChI is InChI=1S/C24H28N2O4/c1-24(2,3)17-10-11-20(18(14-17)16-8-6-5-7-9-16)25-21-19(23(29)30-4)15-26(12-13-27)22(21)28/h5-11,14,25,27H,12-13,15H2,1-4H3. The molecule has 3 rings (SSSR count). The van der Waals surface area contributed by atoms with Gasteiger partial charge in [-0.2, -0.15) is 0 Å². The van der Waals surface area contributed by atoms with Crippen LogP contribution in [0.5, 0.6) is 0 Å². The molecule has 0 atom stereocenters. The summed E-state index contributed by atoms with van der Waals surface area (Å²) in [6, 6.07) is 16.0. The van der Waals surface area contributed by atoms with Gasteiger partial charge in [-0.3, -0.25) is 4.79 Å². The average Bonchev–Trinajstić information content (AvgIpc) is 3.03. The van der Waals surface area contributed by atoms with Gasteiger partial charge in [-0.05, 0) is 28.7 Å². The predicted molar refractivity (Wildman–Crippen MR) is 117 cm³/mol. The first-order chi connectivity index (χ1) is 14.3. The second-order valence-electron chi connectivity index (χ2n) is 8.30. The first-order valence-corrected chi connectivity index (χ1v) is 9.95. The fourth-order valence-electron chi connectivity index (χ4n) is 3.46. The molecule has 6 heteroatoms. The maximum atomic E-state index is 12.9. The predicted octanol–water partition coefficient (Wildman–Crippen LogP) is 3.32. The van der Waals surface area contributed by atoms with Crippen LogP contribution in [0.4, 0.5) is 5.69 Å². The number of anilines is 1. The Kier molecular flexibility index (Phi) is 6.27. The van der Waals surface area contributed by atoms with Crippen LogP contribution in [0.2, 0.25) is 0 Å². The molecule has 1 heterocycles. The van der Waals surface area contributed by atoms with E-state index >= 15 is 0 Å². The molecule has 1 aliphatic rings. The van der Waals surface area contributed by atoms with E-state index in [1.54, 1.807) is 0 Å². The summed E-state index contributed by atoms with van der Waals surface area (Å²) >= 11 is 0. The summed E-state index contributed by atoms with van der Waals surface area (Å²) in [6.07, 6.45) is 0. The van der Waals surface area contributed by atoms with Gasteiger partial charge in [-0.15, -0.1) is 0 Å². The number of nitrogens with zero attached hydrogens (tertiary/aromatic N) is 1. The van der Waals surface area contributed by atoms with Gasteiger partial charge >= 0.3 is 5.97 Å². The van der Waals surface area contributed by atoms with E-state index in [-0.39, 0.29) is 42.3 Å². The molecule has 0 bridgehead atoms. The van der Waals surface area contributed by atoms with E-state index in [1.165, 1.54) is 12.0 Å². The summed E-state index contributed by atoms with van der Waals surface area (Å²) < 4.78 is 4.88. The first kappa shape index (κ1) is 21.6. The van der Waals surface area contributed by atoms with Crippen molar-refractivity contribution < 1.29 is 19.4 Å². The number of rotatable bonds is 6. The van der Waals surface area contributed by atoms with Crippen molar-refractivity contribution in [2.45, 2.75) is 26.2 Å². The molecule has 1 aliphatic heterocycles. The Balaban J connectivity index is 2.08. The number of carbonyl (C=O) groups is 2. The second-order valence-corrected chi connectivity index (χ2v) is 8.30. The van der Waals surface area contributed by atoms with Crippen molar-refractivity contribution in [1.82, 2.24) is 4.90 Å². The molecule has 6 nitrogen and oxygen atoms in total. The number of hydrogen-bond acceptors (Lipinski definition) is 5. The molecule has 0 radical (unpaired) electrons. The van der Waals surface area contributed by atoms with Crippen LogP contribution in [0.3, 0.4) is 0 Å². The molecule has 2 aromatic carbocycles.